The number of hydrogen-bond acceptors (Lipinski definition) is 2. The molecule has 0 radical (unpaired) electrons. The van der Waals surface area contributed by atoms with E-state index in [2.05, 4.69) is 11.1 Å². The second-order valence-electron chi connectivity index (χ2n) is 3.33. The highest BCUT2D eigenvalue weighted by Crippen LogP contribution is 2.20. The Bertz CT molecular complexity index is 510. The molecule has 2 nitrogen and oxygen atoms in total. The largest absolute Gasteiger partial charge is 0.252 e. The molecular weight excluding hydrogens is 184 g/mol. The molecule has 1 aromatic heterocycles. The van der Waals surface area contributed by atoms with Crippen LogP contribution in [0.2, 0.25) is 0 Å². The van der Waals surface area contributed by atoms with Crippen LogP contribution in [0.25, 0.3) is 11.3 Å². The molecule has 15 heavy (non-hydrogen) atoms. The van der Waals surface area contributed by atoms with Crippen molar-refractivity contribution in [3.63, 3.8) is 0 Å². The van der Waals surface area contributed by atoms with E-state index < -0.39 is 0 Å². The first kappa shape index (κ1) is 9.42. The predicted molar refractivity (Wildman–Crippen MR) is 59.1 cm³/mol. The van der Waals surface area contributed by atoms with Crippen molar-refractivity contribution in [3.8, 4) is 17.3 Å². The molecular formula is C13H10N2. The molecule has 0 spiro atoms. The molecule has 1 aromatic carbocycles. The van der Waals surface area contributed by atoms with Crippen LogP contribution in [-0.2, 0) is 0 Å². The Hall–Kier alpha value is -2.14. The van der Waals surface area contributed by atoms with Crippen LogP contribution < -0.4 is 0 Å². The van der Waals surface area contributed by atoms with Crippen LogP contribution >= 0.6 is 0 Å². The van der Waals surface area contributed by atoms with Crippen molar-refractivity contribution in [1.82, 2.24) is 4.98 Å². The topological polar surface area (TPSA) is 36.7 Å². The van der Waals surface area contributed by atoms with Crippen LogP contribution in [0.15, 0.2) is 42.5 Å². The summed E-state index contributed by atoms with van der Waals surface area (Å²) in [5.74, 6) is 0. The van der Waals surface area contributed by atoms with Gasteiger partial charge in [-0.15, -0.1) is 0 Å². The van der Waals surface area contributed by atoms with Gasteiger partial charge in [0.1, 0.15) is 6.07 Å². The Balaban J connectivity index is 2.62. The second-order valence-corrected chi connectivity index (χ2v) is 3.33. The van der Waals surface area contributed by atoms with Crippen LogP contribution in [0.1, 0.15) is 11.3 Å². The SMILES string of the molecule is Cc1ccc(C#N)c(-c2ccccc2)n1. The van der Waals surface area contributed by atoms with Crippen LogP contribution in [0.5, 0.6) is 0 Å². The molecule has 0 atom stereocenters. The third-order valence-corrected chi connectivity index (χ3v) is 2.20. The highest BCUT2D eigenvalue weighted by atomic mass is 14.7. The van der Waals surface area contributed by atoms with Gasteiger partial charge in [-0.05, 0) is 19.1 Å². The lowest BCUT2D eigenvalue weighted by molar-refractivity contribution is 1.19. The summed E-state index contributed by atoms with van der Waals surface area (Å²) in [7, 11) is 0. The zero-order valence-corrected chi connectivity index (χ0v) is 8.44. The smallest absolute Gasteiger partial charge is 0.101 e. The molecule has 0 fully saturated rings. The van der Waals surface area contributed by atoms with Gasteiger partial charge < -0.3 is 0 Å². The maximum Gasteiger partial charge on any atom is 0.101 e. The summed E-state index contributed by atoms with van der Waals surface area (Å²) in [5.41, 5.74) is 3.29. The van der Waals surface area contributed by atoms with Gasteiger partial charge in [-0.1, -0.05) is 30.3 Å². The van der Waals surface area contributed by atoms with Crippen LogP contribution in [-0.4, -0.2) is 4.98 Å². The summed E-state index contributed by atoms with van der Waals surface area (Å²) >= 11 is 0. The number of rotatable bonds is 1. The van der Waals surface area contributed by atoms with Crippen molar-refractivity contribution < 1.29 is 0 Å². The predicted octanol–water partition coefficient (Wildman–Crippen LogP) is 2.93. The average Bonchev–Trinajstić information content (AvgIpc) is 2.30. The molecule has 0 unspecified atom stereocenters. The van der Waals surface area contributed by atoms with Crippen molar-refractivity contribution in [2.24, 2.45) is 0 Å². The van der Waals surface area contributed by atoms with E-state index in [1.54, 1.807) is 0 Å². The van der Waals surface area contributed by atoms with Crippen LogP contribution in [0.3, 0.4) is 0 Å². The van der Waals surface area contributed by atoms with Gasteiger partial charge >= 0.3 is 0 Å². The van der Waals surface area contributed by atoms with Crippen LogP contribution in [0.4, 0.5) is 0 Å². The number of aromatic nitrogens is 1. The maximum atomic E-state index is 8.98. The molecule has 2 aromatic rings. The fourth-order valence-corrected chi connectivity index (χ4v) is 1.46. The Morgan fingerprint density at radius 1 is 1.07 bits per heavy atom. The van der Waals surface area contributed by atoms with Gasteiger partial charge in [-0.3, -0.25) is 4.98 Å². The number of nitrogens with zero attached hydrogens (tertiary/aromatic N) is 2. The zero-order valence-electron chi connectivity index (χ0n) is 8.44. The lowest BCUT2D eigenvalue weighted by Crippen LogP contribution is -1.91. The van der Waals surface area contributed by atoms with Crippen molar-refractivity contribution in [2.45, 2.75) is 6.92 Å². The fourth-order valence-electron chi connectivity index (χ4n) is 1.46. The molecule has 0 aliphatic rings. The highest BCUT2D eigenvalue weighted by Gasteiger charge is 2.05. The van der Waals surface area contributed by atoms with E-state index in [0.29, 0.717) is 5.56 Å². The number of nitriles is 1. The van der Waals surface area contributed by atoms with Crippen molar-refractivity contribution >= 4 is 0 Å². The third kappa shape index (κ3) is 1.87. The normalized spacial score (nSPS) is 9.60. The number of aryl methyl sites for hydroxylation is 1. The molecule has 0 aliphatic heterocycles. The highest BCUT2D eigenvalue weighted by molar-refractivity contribution is 5.66. The molecule has 2 rings (SSSR count). The zero-order chi connectivity index (χ0) is 10.7. The lowest BCUT2D eigenvalue weighted by Gasteiger charge is -2.03. The van der Waals surface area contributed by atoms with E-state index >= 15 is 0 Å². The van der Waals surface area contributed by atoms with E-state index in [1.165, 1.54) is 0 Å². The Morgan fingerprint density at radius 2 is 1.80 bits per heavy atom. The molecule has 0 amide bonds. The van der Waals surface area contributed by atoms with Gasteiger partial charge in [0.15, 0.2) is 0 Å². The van der Waals surface area contributed by atoms with Gasteiger partial charge in [0.05, 0.1) is 11.3 Å². The quantitative estimate of drug-likeness (QED) is 0.699. The van der Waals surface area contributed by atoms with Crippen molar-refractivity contribution in [3.05, 3.63) is 53.7 Å². The molecule has 0 aliphatic carbocycles. The number of hydrogen-bond donors (Lipinski definition) is 0. The van der Waals surface area contributed by atoms with E-state index in [4.69, 9.17) is 5.26 Å². The van der Waals surface area contributed by atoms with Gasteiger partial charge in [-0.25, -0.2) is 0 Å². The third-order valence-electron chi connectivity index (χ3n) is 2.20. The second kappa shape index (κ2) is 3.93. The summed E-state index contributed by atoms with van der Waals surface area (Å²) < 4.78 is 0. The summed E-state index contributed by atoms with van der Waals surface area (Å²) in [5, 5.41) is 8.98. The Morgan fingerprint density at radius 3 is 2.47 bits per heavy atom. The summed E-state index contributed by atoms with van der Waals surface area (Å²) in [6.45, 7) is 1.92. The summed E-state index contributed by atoms with van der Waals surface area (Å²) in [6.07, 6.45) is 0. The Labute approximate surface area is 88.8 Å². The van der Waals surface area contributed by atoms with Gasteiger partial charge in [-0.2, -0.15) is 5.26 Å². The molecule has 0 bridgehead atoms. The molecule has 2 heteroatoms. The minimum Gasteiger partial charge on any atom is -0.252 e. The summed E-state index contributed by atoms with van der Waals surface area (Å²) in [6, 6.07) is 15.6. The maximum absolute atomic E-state index is 8.98. The molecule has 0 saturated carbocycles. The first-order valence-electron chi connectivity index (χ1n) is 4.74. The minimum atomic E-state index is 0.617. The van der Waals surface area contributed by atoms with Gasteiger partial charge in [0, 0.05) is 11.3 Å². The monoisotopic (exact) mass is 194 g/mol. The summed E-state index contributed by atoms with van der Waals surface area (Å²) in [4.78, 5) is 4.39. The first-order valence-corrected chi connectivity index (χ1v) is 4.74. The average molecular weight is 194 g/mol. The van der Waals surface area contributed by atoms with Gasteiger partial charge in [0.2, 0.25) is 0 Å². The minimum absolute atomic E-state index is 0.617. The molecule has 72 valence electrons. The van der Waals surface area contributed by atoms with Crippen molar-refractivity contribution in [1.29, 1.82) is 5.26 Å². The lowest BCUT2D eigenvalue weighted by atomic mass is 10.1. The van der Waals surface area contributed by atoms with Crippen LogP contribution in [0, 0.1) is 18.3 Å². The van der Waals surface area contributed by atoms with E-state index in [-0.39, 0.29) is 0 Å². The van der Waals surface area contributed by atoms with E-state index in [0.717, 1.165) is 17.0 Å². The van der Waals surface area contributed by atoms with E-state index in [1.807, 2.05) is 49.4 Å². The van der Waals surface area contributed by atoms with Crippen molar-refractivity contribution in [2.75, 3.05) is 0 Å². The van der Waals surface area contributed by atoms with E-state index in [9.17, 15) is 0 Å². The molecule has 0 N–H and O–H groups in total. The number of benzene rings is 1. The number of pyridine rings is 1. The molecule has 1 heterocycles. The first-order chi connectivity index (χ1) is 7.31. The van der Waals surface area contributed by atoms with Gasteiger partial charge in [0.25, 0.3) is 0 Å². The molecule has 0 saturated heterocycles. The fraction of sp³-hybridized carbons (Fsp3) is 0.0769. The standard InChI is InChI=1S/C13H10N2/c1-10-7-8-12(9-14)13(15-10)11-5-3-2-4-6-11/h2-8H,1H3. The Kier molecular flexibility index (Phi) is 2.47.